The Labute approximate surface area is 158 Å². The molecule has 1 N–H and O–H groups in total. The van der Waals surface area contributed by atoms with E-state index in [0.717, 1.165) is 25.7 Å². The Kier molecular flexibility index (Phi) is 8.35. The summed E-state index contributed by atoms with van der Waals surface area (Å²) >= 11 is 11.9. The molecule has 1 aliphatic heterocycles. The Bertz CT molecular complexity index is 596. The number of benzene rings is 1. The van der Waals surface area contributed by atoms with Crippen molar-refractivity contribution in [2.75, 3.05) is 26.2 Å². The molecule has 0 saturated carbocycles. The molecule has 25 heavy (non-hydrogen) atoms. The average molecular weight is 387 g/mol. The van der Waals surface area contributed by atoms with E-state index in [0.29, 0.717) is 48.3 Å². The van der Waals surface area contributed by atoms with Crippen LogP contribution in [-0.2, 0) is 9.59 Å². The summed E-state index contributed by atoms with van der Waals surface area (Å²) in [6, 6.07) is 5.06. The van der Waals surface area contributed by atoms with Crippen molar-refractivity contribution in [1.82, 2.24) is 10.2 Å². The maximum atomic E-state index is 12.0. The van der Waals surface area contributed by atoms with Gasteiger partial charge in [0.2, 0.25) is 11.8 Å². The zero-order valence-electron chi connectivity index (χ0n) is 14.2. The van der Waals surface area contributed by atoms with E-state index in [-0.39, 0.29) is 18.4 Å². The molecule has 0 bridgehead atoms. The number of halogens is 2. The van der Waals surface area contributed by atoms with Gasteiger partial charge in [0.1, 0.15) is 5.75 Å². The van der Waals surface area contributed by atoms with Crippen LogP contribution < -0.4 is 10.1 Å². The quantitative estimate of drug-likeness (QED) is 0.727. The van der Waals surface area contributed by atoms with Crippen molar-refractivity contribution >= 4 is 35.0 Å². The van der Waals surface area contributed by atoms with Crippen LogP contribution >= 0.6 is 23.2 Å². The van der Waals surface area contributed by atoms with Crippen LogP contribution in [0.15, 0.2) is 18.2 Å². The lowest BCUT2D eigenvalue weighted by Gasteiger charge is -2.24. The molecule has 0 aromatic heterocycles. The minimum absolute atomic E-state index is 0.0792. The Hall–Kier alpha value is -1.46. The van der Waals surface area contributed by atoms with Gasteiger partial charge < -0.3 is 15.0 Å². The van der Waals surface area contributed by atoms with Gasteiger partial charge in [-0.25, -0.2) is 0 Å². The third-order valence-corrected chi connectivity index (χ3v) is 4.58. The summed E-state index contributed by atoms with van der Waals surface area (Å²) in [5.74, 6) is 0.526. The van der Waals surface area contributed by atoms with E-state index in [1.54, 1.807) is 23.1 Å². The molecule has 2 amide bonds. The van der Waals surface area contributed by atoms with Crippen LogP contribution in [0.5, 0.6) is 5.75 Å². The molecule has 2 rings (SSSR count). The van der Waals surface area contributed by atoms with Crippen LogP contribution in [0.1, 0.15) is 38.5 Å². The number of hydrogen-bond donors (Lipinski definition) is 1. The molecule has 1 aromatic rings. The lowest BCUT2D eigenvalue weighted by atomic mass is 10.1. The highest BCUT2D eigenvalue weighted by atomic mass is 35.5. The van der Waals surface area contributed by atoms with Gasteiger partial charge in [-0.3, -0.25) is 9.59 Å². The molecule has 5 nitrogen and oxygen atoms in total. The highest BCUT2D eigenvalue weighted by Gasteiger charge is 2.18. The van der Waals surface area contributed by atoms with E-state index in [2.05, 4.69) is 5.32 Å². The van der Waals surface area contributed by atoms with Gasteiger partial charge in [0.15, 0.2) is 0 Å². The van der Waals surface area contributed by atoms with E-state index in [1.807, 2.05) is 0 Å². The van der Waals surface area contributed by atoms with Crippen molar-refractivity contribution in [2.45, 2.75) is 38.5 Å². The van der Waals surface area contributed by atoms with E-state index in [9.17, 15) is 9.59 Å². The largest absolute Gasteiger partial charge is 0.492 e. The number of nitrogens with one attached hydrogen (secondary N) is 1. The first kappa shape index (κ1) is 19.9. The first-order chi connectivity index (χ1) is 12.1. The lowest BCUT2D eigenvalue weighted by Crippen LogP contribution is -2.42. The Morgan fingerprint density at radius 1 is 1.20 bits per heavy atom. The number of carbonyl (C=O) groups excluding carboxylic acids is 2. The summed E-state index contributed by atoms with van der Waals surface area (Å²) in [7, 11) is 0. The van der Waals surface area contributed by atoms with Gasteiger partial charge in [-0.05, 0) is 37.5 Å². The van der Waals surface area contributed by atoms with Crippen molar-refractivity contribution in [3.8, 4) is 5.75 Å². The summed E-state index contributed by atoms with van der Waals surface area (Å²) in [5, 5.41) is 3.85. The SMILES string of the molecule is O=C(CN1CCCCCCC1=O)NCCCOc1ccc(Cl)cc1Cl. The van der Waals surface area contributed by atoms with E-state index in [1.165, 1.54) is 0 Å². The summed E-state index contributed by atoms with van der Waals surface area (Å²) in [6.07, 6.45) is 5.30. The fraction of sp³-hybridized carbons (Fsp3) is 0.556. The van der Waals surface area contributed by atoms with Crippen LogP contribution in [-0.4, -0.2) is 43.0 Å². The highest BCUT2D eigenvalue weighted by Crippen LogP contribution is 2.27. The van der Waals surface area contributed by atoms with Crippen LogP contribution in [0.3, 0.4) is 0 Å². The molecule has 0 aliphatic carbocycles. The van der Waals surface area contributed by atoms with Crippen LogP contribution in [0, 0.1) is 0 Å². The maximum absolute atomic E-state index is 12.0. The Morgan fingerprint density at radius 2 is 2.00 bits per heavy atom. The van der Waals surface area contributed by atoms with Crippen LogP contribution in [0.25, 0.3) is 0 Å². The number of nitrogens with zero attached hydrogens (tertiary/aromatic N) is 1. The summed E-state index contributed by atoms with van der Waals surface area (Å²) in [6.45, 7) is 1.74. The first-order valence-corrected chi connectivity index (χ1v) is 9.44. The summed E-state index contributed by atoms with van der Waals surface area (Å²) in [5.41, 5.74) is 0. The predicted molar refractivity (Wildman–Crippen MR) is 99.2 cm³/mol. The topological polar surface area (TPSA) is 58.6 Å². The van der Waals surface area contributed by atoms with Crippen molar-refractivity contribution < 1.29 is 14.3 Å². The first-order valence-electron chi connectivity index (χ1n) is 8.68. The predicted octanol–water partition coefficient (Wildman–Crippen LogP) is 3.67. The van der Waals surface area contributed by atoms with Crippen LogP contribution in [0.2, 0.25) is 10.0 Å². The van der Waals surface area contributed by atoms with Crippen molar-refractivity contribution in [3.63, 3.8) is 0 Å². The minimum atomic E-state index is -0.126. The van der Waals surface area contributed by atoms with Gasteiger partial charge >= 0.3 is 0 Å². The average Bonchev–Trinajstić information content (AvgIpc) is 2.56. The maximum Gasteiger partial charge on any atom is 0.239 e. The molecule has 1 fully saturated rings. The normalized spacial score (nSPS) is 15.4. The third-order valence-electron chi connectivity index (χ3n) is 4.05. The molecular formula is C18H24Cl2N2O3. The smallest absolute Gasteiger partial charge is 0.239 e. The second-order valence-corrected chi connectivity index (χ2v) is 6.95. The molecule has 0 spiro atoms. The fourth-order valence-electron chi connectivity index (χ4n) is 2.69. The number of hydrogen-bond acceptors (Lipinski definition) is 3. The second-order valence-electron chi connectivity index (χ2n) is 6.11. The molecule has 7 heteroatoms. The van der Waals surface area contributed by atoms with Crippen molar-refractivity contribution in [3.05, 3.63) is 28.2 Å². The monoisotopic (exact) mass is 386 g/mol. The molecule has 1 aliphatic rings. The number of rotatable bonds is 7. The van der Waals surface area contributed by atoms with Gasteiger partial charge in [0.05, 0.1) is 18.2 Å². The summed E-state index contributed by atoms with van der Waals surface area (Å²) in [4.78, 5) is 25.7. The molecular weight excluding hydrogens is 363 g/mol. The van der Waals surface area contributed by atoms with Gasteiger partial charge in [0.25, 0.3) is 0 Å². The molecule has 0 unspecified atom stereocenters. The number of amides is 2. The summed E-state index contributed by atoms with van der Waals surface area (Å²) < 4.78 is 5.56. The van der Waals surface area contributed by atoms with Crippen LogP contribution in [0.4, 0.5) is 0 Å². The molecule has 1 saturated heterocycles. The third kappa shape index (κ3) is 7.12. The van der Waals surface area contributed by atoms with E-state index < -0.39 is 0 Å². The zero-order chi connectivity index (χ0) is 18.1. The van der Waals surface area contributed by atoms with E-state index >= 15 is 0 Å². The van der Waals surface area contributed by atoms with Crippen molar-refractivity contribution in [1.29, 1.82) is 0 Å². The number of ether oxygens (including phenoxy) is 1. The lowest BCUT2D eigenvalue weighted by molar-refractivity contribution is -0.136. The molecule has 1 heterocycles. The number of likely N-dealkylation sites (tertiary alicyclic amines) is 1. The van der Waals surface area contributed by atoms with Gasteiger partial charge in [-0.2, -0.15) is 0 Å². The van der Waals surface area contributed by atoms with E-state index in [4.69, 9.17) is 27.9 Å². The molecule has 0 atom stereocenters. The van der Waals surface area contributed by atoms with Gasteiger partial charge in [0, 0.05) is 24.5 Å². The number of carbonyl (C=O) groups is 2. The highest BCUT2D eigenvalue weighted by molar-refractivity contribution is 6.35. The zero-order valence-corrected chi connectivity index (χ0v) is 15.7. The standard InChI is InChI=1S/C18H24Cl2N2O3/c19-14-7-8-16(15(20)12-14)25-11-5-9-21-17(23)13-22-10-4-2-1-3-6-18(22)24/h7-8,12H,1-6,9-11,13H2,(H,21,23). The van der Waals surface area contributed by atoms with Crippen molar-refractivity contribution in [2.24, 2.45) is 0 Å². The minimum Gasteiger partial charge on any atom is -0.492 e. The van der Waals surface area contributed by atoms with Gasteiger partial charge in [-0.1, -0.05) is 36.0 Å². The molecule has 138 valence electrons. The fourth-order valence-corrected chi connectivity index (χ4v) is 3.15. The Balaban J connectivity index is 1.63. The van der Waals surface area contributed by atoms with Gasteiger partial charge in [-0.15, -0.1) is 0 Å². The molecule has 1 aromatic carbocycles. The second kappa shape index (κ2) is 10.5. The molecule has 0 radical (unpaired) electrons. The Morgan fingerprint density at radius 3 is 2.80 bits per heavy atom.